The van der Waals surface area contributed by atoms with Crippen molar-refractivity contribution in [2.75, 3.05) is 19.8 Å². The molecule has 1 fully saturated rings. The van der Waals surface area contributed by atoms with Gasteiger partial charge in [0.2, 0.25) is 5.41 Å². The lowest BCUT2D eigenvalue weighted by molar-refractivity contribution is -0.232. The van der Waals surface area contributed by atoms with E-state index >= 15 is 0 Å². The maximum Gasteiger partial charge on any atom is 0.340 e. The summed E-state index contributed by atoms with van der Waals surface area (Å²) in [4.78, 5) is 36.0. The Morgan fingerprint density at radius 2 is 1.71 bits per heavy atom. The van der Waals surface area contributed by atoms with Crippen LogP contribution in [-0.4, -0.2) is 59.6 Å². The van der Waals surface area contributed by atoms with Crippen LogP contribution in [0.3, 0.4) is 0 Å². The third-order valence-electron chi connectivity index (χ3n) is 3.52. The van der Waals surface area contributed by atoms with E-state index in [1.165, 1.54) is 20.8 Å². The number of carbonyl (C=O) groups excluding carboxylic acids is 3. The Labute approximate surface area is 122 Å². The zero-order valence-electron chi connectivity index (χ0n) is 12.2. The first kappa shape index (κ1) is 17.4. The SMILES string of the molecule is CCOC(=O)C1(C(=O)OCC)COC(=O)[C@](O)(CC)[C@@H]1O. The first-order chi connectivity index (χ1) is 9.81. The van der Waals surface area contributed by atoms with Crippen molar-refractivity contribution >= 4 is 17.9 Å². The molecule has 0 bridgehead atoms. The summed E-state index contributed by atoms with van der Waals surface area (Å²) in [6, 6.07) is 0. The molecule has 1 heterocycles. The van der Waals surface area contributed by atoms with Crippen LogP contribution in [0.4, 0.5) is 0 Å². The van der Waals surface area contributed by atoms with E-state index in [1.807, 2.05) is 0 Å². The summed E-state index contributed by atoms with van der Waals surface area (Å²) < 4.78 is 14.3. The van der Waals surface area contributed by atoms with Crippen LogP contribution in [-0.2, 0) is 28.6 Å². The van der Waals surface area contributed by atoms with Gasteiger partial charge in [0.15, 0.2) is 5.60 Å². The van der Waals surface area contributed by atoms with Crippen LogP contribution in [0.2, 0.25) is 0 Å². The van der Waals surface area contributed by atoms with Gasteiger partial charge in [0.1, 0.15) is 12.7 Å². The number of esters is 3. The molecule has 0 aromatic heterocycles. The highest BCUT2D eigenvalue weighted by Gasteiger charge is 2.67. The Hall–Kier alpha value is -1.67. The molecule has 2 atom stereocenters. The minimum absolute atomic E-state index is 0.0504. The average Bonchev–Trinajstić information content (AvgIpc) is 2.45. The van der Waals surface area contributed by atoms with Gasteiger partial charge < -0.3 is 24.4 Å². The van der Waals surface area contributed by atoms with Crippen molar-refractivity contribution in [1.82, 2.24) is 0 Å². The second-order valence-corrected chi connectivity index (χ2v) is 4.67. The van der Waals surface area contributed by atoms with Gasteiger partial charge in [0.05, 0.1) is 13.2 Å². The molecule has 1 aliphatic rings. The van der Waals surface area contributed by atoms with Crippen molar-refractivity contribution in [1.29, 1.82) is 0 Å². The predicted octanol–water partition coefficient (Wildman–Crippen LogP) is -0.842. The smallest absolute Gasteiger partial charge is 0.340 e. The van der Waals surface area contributed by atoms with E-state index in [9.17, 15) is 24.6 Å². The van der Waals surface area contributed by atoms with Gasteiger partial charge >= 0.3 is 17.9 Å². The molecule has 1 aliphatic heterocycles. The van der Waals surface area contributed by atoms with Crippen molar-refractivity contribution in [2.45, 2.75) is 38.9 Å². The molecule has 0 saturated carbocycles. The molecular weight excluding hydrogens is 284 g/mol. The van der Waals surface area contributed by atoms with E-state index in [4.69, 9.17) is 14.2 Å². The van der Waals surface area contributed by atoms with Gasteiger partial charge in [-0.05, 0) is 20.3 Å². The summed E-state index contributed by atoms with van der Waals surface area (Å²) >= 11 is 0. The van der Waals surface area contributed by atoms with E-state index < -0.39 is 41.6 Å². The molecule has 0 spiro atoms. The predicted molar refractivity (Wildman–Crippen MR) is 67.9 cm³/mol. The second kappa shape index (κ2) is 6.40. The van der Waals surface area contributed by atoms with E-state index in [0.717, 1.165) is 0 Å². The van der Waals surface area contributed by atoms with Crippen molar-refractivity contribution in [2.24, 2.45) is 5.41 Å². The Kier molecular flexibility index (Phi) is 5.30. The summed E-state index contributed by atoms with van der Waals surface area (Å²) in [5.41, 5.74) is -4.66. The van der Waals surface area contributed by atoms with Crippen LogP contribution >= 0.6 is 0 Å². The van der Waals surface area contributed by atoms with Crippen LogP contribution in [0.1, 0.15) is 27.2 Å². The lowest BCUT2D eigenvalue weighted by Gasteiger charge is -2.43. The standard InChI is InChI=1S/C13H20O8/c1-4-13(18)8(14)12(7-21-11(13)17,9(15)19-5-2)10(16)20-6-3/h8,14,18H,4-7H2,1-3H3/t8-,13+/m1/s1. The molecule has 8 heteroatoms. The van der Waals surface area contributed by atoms with Gasteiger partial charge in [0.25, 0.3) is 0 Å². The van der Waals surface area contributed by atoms with E-state index in [0.29, 0.717) is 0 Å². The number of aliphatic hydroxyl groups is 2. The summed E-state index contributed by atoms with van der Waals surface area (Å²) in [5.74, 6) is -3.30. The molecule has 0 aliphatic carbocycles. The number of hydrogen-bond acceptors (Lipinski definition) is 8. The molecule has 0 amide bonds. The van der Waals surface area contributed by atoms with Gasteiger partial charge in [-0.2, -0.15) is 0 Å². The van der Waals surface area contributed by atoms with Crippen LogP contribution in [0, 0.1) is 5.41 Å². The normalized spacial score (nSPS) is 27.7. The molecule has 0 aromatic rings. The summed E-state index contributed by atoms with van der Waals surface area (Å²) in [5, 5.41) is 20.6. The number of cyclic esters (lactones) is 1. The van der Waals surface area contributed by atoms with Crippen LogP contribution in [0.5, 0.6) is 0 Å². The first-order valence-electron chi connectivity index (χ1n) is 6.73. The molecule has 1 rings (SSSR count). The number of rotatable bonds is 5. The minimum atomic E-state index is -2.38. The Morgan fingerprint density at radius 3 is 2.10 bits per heavy atom. The molecule has 21 heavy (non-hydrogen) atoms. The fourth-order valence-electron chi connectivity index (χ4n) is 2.18. The van der Waals surface area contributed by atoms with Gasteiger partial charge in [-0.25, -0.2) is 4.79 Å². The molecule has 120 valence electrons. The fourth-order valence-corrected chi connectivity index (χ4v) is 2.18. The van der Waals surface area contributed by atoms with Crippen molar-refractivity contribution < 1.29 is 38.8 Å². The Morgan fingerprint density at radius 1 is 1.24 bits per heavy atom. The summed E-state index contributed by atoms with van der Waals surface area (Å²) in [6.07, 6.45) is -2.26. The fraction of sp³-hybridized carbons (Fsp3) is 0.769. The lowest BCUT2D eigenvalue weighted by atomic mass is 9.71. The van der Waals surface area contributed by atoms with Gasteiger partial charge in [0, 0.05) is 0 Å². The van der Waals surface area contributed by atoms with Crippen molar-refractivity contribution in [3.63, 3.8) is 0 Å². The second-order valence-electron chi connectivity index (χ2n) is 4.67. The first-order valence-corrected chi connectivity index (χ1v) is 6.73. The van der Waals surface area contributed by atoms with Crippen LogP contribution in [0.25, 0.3) is 0 Å². The monoisotopic (exact) mass is 304 g/mol. The number of hydrogen-bond donors (Lipinski definition) is 2. The molecular formula is C13H20O8. The molecule has 1 saturated heterocycles. The number of ether oxygens (including phenoxy) is 3. The maximum absolute atomic E-state index is 12.2. The summed E-state index contributed by atoms with van der Waals surface area (Å²) in [7, 11) is 0. The Balaban J connectivity index is 3.33. The van der Waals surface area contributed by atoms with E-state index in [2.05, 4.69) is 0 Å². The molecule has 0 unspecified atom stereocenters. The van der Waals surface area contributed by atoms with Gasteiger partial charge in [-0.15, -0.1) is 0 Å². The zero-order chi connectivity index (χ0) is 16.3. The van der Waals surface area contributed by atoms with Crippen LogP contribution < -0.4 is 0 Å². The molecule has 2 N–H and O–H groups in total. The van der Waals surface area contributed by atoms with Crippen LogP contribution in [0.15, 0.2) is 0 Å². The molecule has 0 radical (unpaired) electrons. The zero-order valence-corrected chi connectivity index (χ0v) is 12.2. The quantitative estimate of drug-likeness (QED) is 0.383. The molecule has 0 aromatic carbocycles. The third kappa shape index (κ3) is 2.60. The topological polar surface area (TPSA) is 119 Å². The van der Waals surface area contributed by atoms with Crippen molar-refractivity contribution in [3.05, 3.63) is 0 Å². The average molecular weight is 304 g/mol. The van der Waals surface area contributed by atoms with E-state index in [1.54, 1.807) is 0 Å². The summed E-state index contributed by atoms with van der Waals surface area (Å²) in [6.45, 7) is 3.61. The lowest BCUT2D eigenvalue weighted by Crippen LogP contribution is -2.69. The van der Waals surface area contributed by atoms with Crippen molar-refractivity contribution in [3.8, 4) is 0 Å². The van der Waals surface area contributed by atoms with E-state index in [-0.39, 0.29) is 19.6 Å². The Bertz CT molecular complexity index is 414. The number of carbonyl (C=O) groups is 3. The highest BCUT2D eigenvalue weighted by atomic mass is 16.6. The minimum Gasteiger partial charge on any atom is -0.465 e. The van der Waals surface area contributed by atoms with Gasteiger partial charge in [-0.1, -0.05) is 6.92 Å². The largest absolute Gasteiger partial charge is 0.465 e. The molecule has 8 nitrogen and oxygen atoms in total. The number of aliphatic hydroxyl groups excluding tert-OH is 1. The highest BCUT2D eigenvalue weighted by molar-refractivity contribution is 6.03. The third-order valence-corrected chi connectivity index (χ3v) is 3.52. The highest BCUT2D eigenvalue weighted by Crippen LogP contribution is 2.39. The van der Waals surface area contributed by atoms with Gasteiger partial charge in [-0.3, -0.25) is 9.59 Å². The maximum atomic E-state index is 12.2.